The highest BCUT2D eigenvalue weighted by Gasteiger charge is 2.25. The maximum absolute atomic E-state index is 12.1. The van der Waals surface area contributed by atoms with Crippen molar-refractivity contribution in [3.63, 3.8) is 0 Å². The van der Waals surface area contributed by atoms with Crippen LogP contribution < -0.4 is 5.73 Å². The number of carbonyl (C=O) groups excluding carboxylic acids is 1. The van der Waals surface area contributed by atoms with E-state index in [1.807, 2.05) is 32.9 Å². The number of hydrogen-bond donors (Lipinski definition) is 1. The van der Waals surface area contributed by atoms with Gasteiger partial charge in [0, 0.05) is 13.6 Å². The molecule has 0 radical (unpaired) electrons. The van der Waals surface area contributed by atoms with Gasteiger partial charge < -0.3 is 15.4 Å². The molecule has 2 N–H and O–H groups in total. The summed E-state index contributed by atoms with van der Waals surface area (Å²) < 4.78 is 5.38. The van der Waals surface area contributed by atoms with Crippen LogP contribution in [0, 0.1) is 0 Å². The van der Waals surface area contributed by atoms with Crippen LogP contribution in [0.5, 0.6) is 0 Å². The first kappa shape index (κ1) is 16.5. The van der Waals surface area contributed by atoms with Gasteiger partial charge in [0.15, 0.2) is 0 Å². The number of nitrogens with two attached hydrogens (primary N) is 1. The second-order valence-electron chi connectivity index (χ2n) is 5.94. The van der Waals surface area contributed by atoms with Gasteiger partial charge in [0.25, 0.3) is 0 Å². The summed E-state index contributed by atoms with van der Waals surface area (Å²) in [7, 11) is 1.72. The molecule has 112 valence electrons. The molecule has 4 nitrogen and oxygen atoms in total. The number of nitrogens with zero attached hydrogens (tertiary/aromatic N) is 1. The Hall–Kier alpha value is -1.55. The van der Waals surface area contributed by atoms with Crippen molar-refractivity contribution < 1.29 is 9.53 Å². The Bertz CT molecular complexity index is 435. The van der Waals surface area contributed by atoms with Crippen LogP contribution in [-0.2, 0) is 11.2 Å². The van der Waals surface area contributed by atoms with Gasteiger partial charge in [0.2, 0.25) is 0 Å². The van der Waals surface area contributed by atoms with Crippen molar-refractivity contribution >= 4 is 6.09 Å². The zero-order valence-corrected chi connectivity index (χ0v) is 13.1. The molecular formula is C16H26N2O2. The van der Waals surface area contributed by atoms with E-state index in [2.05, 4.69) is 19.1 Å². The summed E-state index contributed by atoms with van der Waals surface area (Å²) in [6.45, 7) is 8.04. The summed E-state index contributed by atoms with van der Waals surface area (Å²) in [5.41, 5.74) is 7.62. The van der Waals surface area contributed by atoms with E-state index < -0.39 is 5.60 Å². The average Bonchev–Trinajstić information content (AvgIpc) is 2.38. The molecule has 0 heterocycles. The summed E-state index contributed by atoms with van der Waals surface area (Å²) >= 11 is 0. The van der Waals surface area contributed by atoms with Crippen molar-refractivity contribution in [2.45, 2.75) is 45.8 Å². The van der Waals surface area contributed by atoms with Crippen molar-refractivity contribution in [2.24, 2.45) is 5.73 Å². The molecule has 0 aliphatic rings. The molecule has 0 fully saturated rings. The summed E-state index contributed by atoms with van der Waals surface area (Å²) in [6, 6.07) is 8.02. The summed E-state index contributed by atoms with van der Waals surface area (Å²) in [4.78, 5) is 13.7. The summed E-state index contributed by atoms with van der Waals surface area (Å²) in [5.74, 6) is 0. The van der Waals surface area contributed by atoms with Crippen LogP contribution in [0.15, 0.2) is 24.3 Å². The van der Waals surface area contributed by atoms with E-state index in [-0.39, 0.29) is 12.1 Å². The lowest BCUT2D eigenvalue weighted by Crippen LogP contribution is -2.39. The maximum Gasteiger partial charge on any atom is 0.410 e. The van der Waals surface area contributed by atoms with E-state index in [0.717, 1.165) is 12.0 Å². The Morgan fingerprint density at radius 2 is 1.85 bits per heavy atom. The smallest absolute Gasteiger partial charge is 0.410 e. The third-order valence-corrected chi connectivity index (χ3v) is 3.14. The molecule has 0 aliphatic carbocycles. The number of carbonyl (C=O) groups is 1. The zero-order valence-electron chi connectivity index (χ0n) is 13.1. The number of rotatable bonds is 4. The van der Waals surface area contributed by atoms with Crippen LogP contribution in [-0.4, -0.2) is 30.2 Å². The van der Waals surface area contributed by atoms with E-state index in [1.54, 1.807) is 11.9 Å². The number of amides is 1. The predicted molar refractivity (Wildman–Crippen MR) is 81.6 cm³/mol. The predicted octanol–water partition coefficient (Wildman–Crippen LogP) is 3.12. The van der Waals surface area contributed by atoms with Crippen LogP contribution in [0.2, 0.25) is 0 Å². The van der Waals surface area contributed by atoms with Gasteiger partial charge in [-0.15, -0.1) is 0 Å². The number of benzene rings is 1. The van der Waals surface area contributed by atoms with Crippen LogP contribution in [0.1, 0.15) is 44.9 Å². The minimum atomic E-state index is -0.503. The molecule has 0 aliphatic heterocycles. The standard InChI is InChI=1S/C16H26N2O2/c1-6-12-7-9-13(10-8-12)14(11-17)18(5)15(19)20-16(2,3)4/h7-10,14H,6,11,17H2,1-5H3. The van der Waals surface area contributed by atoms with Gasteiger partial charge in [-0.3, -0.25) is 0 Å². The average molecular weight is 278 g/mol. The van der Waals surface area contributed by atoms with Crippen molar-refractivity contribution in [2.75, 3.05) is 13.6 Å². The quantitative estimate of drug-likeness (QED) is 0.920. The first-order chi connectivity index (χ1) is 9.28. The minimum absolute atomic E-state index is 0.171. The molecule has 0 saturated heterocycles. The molecule has 1 amide bonds. The van der Waals surface area contributed by atoms with E-state index in [1.165, 1.54) is 5.56 Å². The van der Waals surface area contributed by atoms with E-state index in [9.17, 15) is 4.79 Å². The number of likely N-dealkylation sites (N-methyl/N-ethyl adjacent to an activating group) is 1. The second kappa shape index (κ2) is 6.75. The number of hydrogen-bond acceptors (Lipinski definition) is 3. The van der Waals surface area contributed by atoms with Crippen LogP contribution in [0.3, 0.4) is 0 Å². The van der Waals surface area contributed by atoms with Gasteiger partial charge >= 0.3 is 6.09 Å². The lowest BCUT2D eigenvalue weighted by Gasteiger charge is -2.30. The molecule has 0 bridgehead atoms. The van der Waals surface area contributed by atoms with Crippen molar-refractivity contribution in [1.82, 2.24) is 4.90 Å². The molecule has 1 aromatic rings. The van der Waals surface area contributed by atoms with E-state index in [0.29, 0.717) is 6.54 Å². The second-order valence-corrected chi connectivity index (χ2v) is 5.94. The molecular weight excluding hydrogens is 252 g/mol. The lowest BCUT2D eigenvalue weighted by molar-refractivity contribution is 0.0225. The topological polar surface area (TPSA) is 55.6 Å². The highest BCUT2D eigenvalue weighted by Crippen LogP contribution is 2.21. The maximum atomic E-state index is 12.1. The van der Waals surface area contributed by atoms with Gasteiger partial charge in [-0.2, -0.15) is 0 Å². The summed E-state index contributed by atoms with van der Waals surface area (Å²) in [6.07, 6.45) is 0.641. The normalized spacial score (nSPS) is 12.9. The molecule has 20 heavy (non-hydrogen) atoms. The Morgan fingerprint density at radius 1 is 1.30 bits per heavy atom. The van der Waals surface area contributed by atoms with Crippen molar-refractivity contribution in [3.8, 4) is 0 Å². The van der Waals surface area contributed by atoms with Gasteiger partial charge in [0.1, 0.15) is 5.60 Å². The Kier molecular flexibility index (Phi) is 5.57. The van der Waals surface area contributed by atoms with Crippen LogP contribution >= 0.6 is 0 Å². The molecule has 0 aromatic heterocycles. The number of ether oxygens (including phenoxy) is 1. The van der Waals surface area contributed by atoms with Crippen molar-refractivity contribution in [3.05, 3.63) is 35.4 Å². The third kappa shape index (κ3) is 4.53. The Morgan fingerprint density at radius 3 is 2.25 bits per heavy atom. The number of aryl methyl sites for hydroxylation is 1. The third-order valence-electron chi connectivity index (χ3n) is 3.14. The van der Waals surface area contributed by atoms with Gasteiger partial charge in [-0.1, -0.05) is 31.2 Å². The van der Waals surface area contributed by atoms with Gasteiger partial charge in [-0.25, -0.2) is 4.79 Å². The molecule has 1 rings (SSSR count). The zero-order chi connectivity index (χ0) is 15.3. The fourth-order valence-electron chi connectivity index (χ4n) is 1.95. The first-order valence-corrected chi connectivity index (χ1v) is 7.03. The molecule has 1 atom stereocenters. The molecule has 4 heteroatoms. The van der Waals surface area contributed by atoms with Crippen LogP contribution in [0.4, 0.5) is 4.79 Å². The summed E-state index contributed by atoms with van der Waals surface area (Å²) in [5, 5.41) is 0. The first-order valence-electron chi connectivity index (χ1n) is 7.03. The van der Waals surface area contributed by atoms with Crippen LogP contribution in [0.25, 0.3) is 0 Å². The molecule has 0 spiro atoms. The molecule has 0 saturated carbocycles. The SMILES string of the molecule is CCc1ccc(C(CN)N(C)C(=O)OC(C)(C)C)cc1. The fraction of sp³-hybridized carbons (Fsp3) is 0.562. The molecule has 1 unspecified atom stereocenters. The van der Waals surface area contributed by atoms with E-state index >= 15 is 0 Å². The van der Waals surface area contributed by atoms with Crippen molar-refractivity contribution in [1.29, 1.82) is 0 Å². The minimum Gasteiger partial charge on any atom is -0.444 e. The largest absolute Gasteiger partial charge is 0.444 e. The Balaban J connectivity index is 2.85. The van der Waals surface area contributed by atoms with E-state index in [4.69, 9.17) is 10.5 Å². The highest BCUT2D eigenvalue weighted by molar-refractivity contribution is 5.68. The lowest BCUT2D eigenvalue weighted by atomic mass is 10.0. The monoisotopic (exact) mass is 278 g/mol. The van der Waals surface area contributed by atoms with Gasteiger partial charge in [-0.05, 0) is 38.3 Å². The highest BCUT2D eigenvalue weighted by atomic mass is 16.6. The Labute approximate surface area is 121 Å². The fourth-order valence-corrected chi connectivity index (χ4v) is 1.95. The molecule has 1 aromatic carbocycles. The van der Waals surface area contributed by atoms with Gasteiger partial charge in [0.05, 0.1) is 6.04 Å².